The van der Waals surface area contributed by atoms with E-state index in [1.54, 1.807) is 23.0 Å². The van der Waals surface area contributed by atoms with Crippen LogP contribution in [0.15, 0.2) is 54.7 Å². The van der Waals surface area contributed by atoms with Crippen LogP contribution in [0.25, 0.3) is 16.9 Å². The predicted octanol–water partition coefficient (Wildman–Crippen LogP) is 4.57. The highest BCUT2D eigenvalue weighted by molar-refractivity contribution is 6.30. The summed E-state index contributed by atoms with van der Waals surface area (Å²) in [4.78, 5) is 25.8. The van der Waals surface area contributed by atoms with E-state index in [1.165, 1.54) is 19.3 Å². The molecule has 0 atom stereocenters. The van der Waals surface area contributed by atoms with Gasteiger partial charge in [0.1, 0.15) is 0 Å². The molecule has 2 aromatic carbocycles. The van der Waals surface area contributed by atoms with Crippen LogP contribution in [0.5, 0.6) is 0 Å². The average molecular weight is 476 g/mol. The van der Waals surface area contributed by atoms with E-state index in [-0.39, 0.29) is 17.2 Å². The Hall–Kier alpha value is -3.19. The molecule has 4 fully saturated rings. The van der Waals surface area contributed by atoms with Crippen LogP contribution in [-0.4, -0.2) is 26.8 Å². The largest absolute Gasteiger partial charge is 0.273 e. The topological polar surface area (TPSA) is 88.9 Å². The number of halogens is 1. The van der Waals surface area contributed by atoms with Gasteiger partial charge in [0.15, 0.2) is 0 Å². The number of aromatic nitrogens is 3. The highest BCUT2D eigenvalue weighted by Crippen LogP contribution is 2.60. The summed E-state index contributed by atoms with van der Waals surface area (Å²) in [6, 6.07) is 14.5. The predicted molar refractivity (Wildman–Crippen MR) is 128 cm³/mol. The van der Waals surface area contributed by atoms with E-state index in [2.05, 4.69) is 21.2 Å². The van der Waals surface area contributed by atoms with Crippen molar-refractivity contribution in [2.24, 2.45) is 23.2 Å². The standard InChI is InChI=1S/C26H26ClN5O2/c27-21-5-1-19(2-6-21)23-15-28-31-32(23)22-7-3-20(4-8-22)24(33)29-30-25(34)26-12-16-9-17(13-26)11-18(10-16)14-26/h1-8,15-18H,9-14H2,(H,29,33)(H,30,34). The van der Waals surface area contributed by atoms with Crippen LogP contribution in [0.4, 0.5) is 0 Å². The van der Waals surface area contributed by atoms with Crippen LogP contribution < -0.4 is 10.9 Å². The van der Waals surface area contributed by atoms with Crippen LogP contribution in [0.3, 0.4) is 0 Å². The van der Waals surface area contributed by atoms with Gasteiger partial charge < -0.3 is 0 Å². The number of nitrogens with zero attached hydrogens (tertiary/aromatic N) is 3. The second-order valence-corrected chi connectivity index (χ2v) is 10.6. The van der Waals surface area contributed by atoms with Gasteiger partial charge in [-0.1, -0.05) is 28.9 Å². The number of hydrogen-bond acceptors (Lipinski definition) is 4. The number of carbonyl (C=O) groups is 2. The Kier molecular flexibility index (Phi) is 5.17. The fourth-order valence-electron chi connectivity index (χ4n) is 6.70. The number of amides is 2. The second kappa shape index (κ2) is 8.24. The fourth-order valence-corrected chi connectivity index (χ4v) is 6.83. The van der Waals surface area contributed by atoms with Crippen molar-refractivity contribution in [3.8, 4) is 16.9 Å². The van der Waals surface area contributed by atoms with E-state index in [9.17, 15) is 9.59 Å². The zero-order chi connectivity index (χ0) is 23.3. The van der Waals surface area contributed by atoms with Gasteiger partial charge in [0, 0.05) is 16.1 Å². The summed E-state index contributed by atoms with van der Waals surface area (Å²) in [6.45, 7) is 0. The molecule has 0 spiro atoms. The lowest BCUT2D eigenvalue weighted by Crippen LogP contribution is -2.56. The number of hydrazine groups is 1. The first-order valence-electron chi connectivity index (χ1n) is 11.9. The molecule has 0 saturated heterocycles. The lowest BCUT2D eigenvalue weighted by molar-refractivity contribution is -0.147. The highest BCUT2D eigenvalue weighted by Gasteiger charge is 2.54. The zero-order valence-corrected chi connectivity index (χ0v) is 19.5. The number of benzene rings is 2. The Balaban J connectivity index is 1.12. The summed E-state index contributed by atoms with van der Waals surface area (Å²) < 4.78 is 1.71. The van der Waals surface area contributed by atoms with Crippen LogP contribution in [0, 0.1) is 23.2 Å². The Bertz CT molecular complexity index is 1200. The fraction of sp³-hybridized carbons (Fsp3) is 0.385. The van der Waals surface area contributed by atoms with Gasteiger partial charge in [-0.15, -0.1) is 5.10 Å². The van der Waals surface area contributed by atoms with Gasteiger partial charge in [-0.2, -0.15) is 0 Å². The highest BCUT2D eigenvalue weighted by atomic mass is 35.5. The molecule has 0 aliphatic heterocycles. The molecule has 4 bridgehead atoms. The van der Waals surface area contributed by atoms with Crippen LogP contribution in [-0.2, 0) is 4.79 Å². The van der Waals surface area contributed by atoms with E-state index in [0.717, 1.165) is 36.2 Å². The number of nitrogens with one attached hydrogen (secondary N) is 2. The SMILES string of the molecule is O=C(NNC(=O)C12CC3CC(CC(C3)C1)C2)c1ccc(-n2nncc2-c2ccc(Cl)cc2)cc1. The maximum absolute atomic E-state index is 13.1. The van der Waals surface area contributed by atoms with Gasteiger partial charge >= 0.3 is 0 Å². The van der Waals surface area contributed by atoms with Crippen molar-refractivity contribution in [2.75, 3.05) is 0 Å². The molecule has 0 unspecified atom stereocenters. The van der Waals surface area contributed by atoms with E-state index in [4.69, 9.17) is 11.6 Å². The molecule has 1 heterocycles. The lowest BCUT2D eigenvalue weighted by Gasteiger charge is -2.55. The van der Waals surface area contributed by atoms with Gasteiger partial charge in [-0.05, 0) is 92.7 Å². The van der Waals surface area contributed by atoms with Crippen molar-refractivity contribution < 1.29 is 9.59 Å². The molecule has 4 aliphatic carbocycles. The molecule has 7 nitrogen and oxygen atoms in total. The molecule has 174 valence electrons. The Labute approximate surface area is 202 Å². The number of rotatable bonds is 4. The zero-order valence-electron chi connectivity index (χ0n) is 18.7. The Morgan fingerprint density at radius 3 is 2.12 bits per heavy atom. The smallest absolute Gasteiger partial charge is 0.269 e. The van der Waals surface area contributed by atoms with Crippen LogP contribution in [0.2, 0.25) is 5.02 Å². The summed E-state index contributed by atoms with van der Waals surface area (Å²) in [6.07, 6.45) is 8.39. The van der Waals surface area contributed by atoms with E-state index < -0.39 is 0 Å². The molecule has 7 rings (SSSR count). The normalized spacial score (nSPS) is 26.9. The Morgan fingerprint density at radius 1 is 0.882 bits per heavy atom. The number of hydrogen-bond donors (Lipinski definition) is 2. The van der Waals surface area contributed by atoms with Gasteiger partial charge in [0.25, 0.3) is 5.91 Å². The molecule has 34 heavy (non-hydrogen) atoms. The molecular weight excluding hydrogens is 450 g/mol. The average Bonchev–Trinajstić information content (AvgIpc) is 3.32. The number of carbonyl (C=O) groups excluding carboxylic acids is 2. The third kappa shape index (κ3) is 3.78. The summed E-state index contributed by atoms with van der Waals surface area (Å²) in [5.74, 6) is 1.67. The first-order valence-corrected chi connectivity index (χ1v) is 12.2. The van der Waals surface area contributed by atoms with E-state index in [1.807, 2.05) is 36.4 Å². The van der Waals surface area contributed by atoms with Gasteiger partial charge in [-0.25, -0.2) is 4.68 Å². The Morgan fingerprint density at radius 2 is 1.50 bits per heavy atom. The minimum atomic E-state index is -0.332. The first kappa shape index (κ1) is 21.4. The molecule has 4 saturated carbocycles. The molecule has 1 aromatic heterocycles. The maximum Gasteiger partial charge on any atom is 0.269 e. The summed E-state index contributed by atoms with van der Waals surface area (Å²) in [5.41, 5.74) is 8.06. The first-order chi connectivity index (χ1) is 16.5. The van der Waals surface area contributed by atoms with E-state index >= 15 is 0 Å². The van der Waals surface area contributed by atoms with Crippen molar-refractivity contribution in [1.29, 1.82) is 0 Å². The quantitative estimate of drug-likeness (QED) is 0.541. The summed E-state index contributed by atoms with van der Waals surface area (Å²) in [7, 11) is 0. The summed E-state index contributed by atoms with van der Waals surface area (Å²) in [5, 5.41) is 8.88. The lowest BCUT2D eigenvalue weighted by atomic mass is 9.49. The van der Waals surface area contributed by atoms with Crippen LogP contribution >= 0.6 is 11.6 Å². The van der Waals surface area contributed by atoms with Crippen molar-refractivity contribution in [3.05, 3.63) is 65.3 Å². The second-order valence-electron chi connectivity index (χ2n) is 10.2. The van der Waals surface area contributed by atoms with Crippen molar-refractivity contribution in [2.45, 2.75) is 38.5 Å². The minimum Gasteiger partial charge on any atom is -0.273 e. The monoisotopic (exact) mass is 475 g/mol. The molecule has 2 amide bonds. The molecule has 0 radical (unpaired) electrons. The van der Waals surface area contributed by atoms with Crippen molar-refractivity contribution in [3.63, 3.8) is 0 Å². The maximum atomic E-state index is 13.1. The van der Waals surface area contributed by atoms with E-state index in [0.29, 0.717) is 28.3 Å². The van der Waals surface area contributed by atoms with Gasteiger partial charge in [0.2, 0.25) is 5.91 Å². The van der Waals surface area contributed by atoms with Gasteiger partial charge in [0.05, 0.1) is 23.0 Å². The van der Waals surface area contributed by atoms with Crippen LogP contribution in [0.1, 0.15) is 48.9 Å². The molecule has 4 aliphatic rings. The third-order valence-corrected chi connectivity index (χ3v) is 8.12. The molecule has 2 N–H and O–H groups in total. The third-order valence-electron chi connectivity index (χ3n) is 7.87. The van der Waals surface area contributed by atoms with Crippen molar-refractivity contribution in [1.82, 2.24) is 25.8 Å². The minimum absolute atomic E-state index is 0.0215. The summed E-state index contributed by atoms with van der Waals surface area (Å²) >= 11 is 6.00. The molecule has 3 aromatic rings. The van der Waals surface area contributed by atoms with Crippen molar-refractivity contribution >= 4 is 23.4 Å². The molecular formula is C26H26ClN5O2. The molecule has 8 heteroatoms. The van der Waals surface area contributed by atoms with Gasteiger partial charge in [-0.3, -0.25) is 20.4 Å².